The Hall–Kier alpha value is -2.25. The van der Waals surface area contributed by atoms with Gasteiger partial charge in [-0.25, -0.2) is 4.99 Å². The quantitative estimate of drug-likeness (QED) is 0.618. The lowest BCUT2D eigenvalue weighted by molar-refractivity contribution is -0.142. The van der Waals surface area contributed by atoms with Gasteiger partial charge >= 0.3 is 6.18 Å². The van der Waals surface area contributed by atoms with Crippen molar-refractivity contribution in [1.82, 2.24) is 9.97 Å². The van der Waals surface area contributed by atoms with E-state index >= 15 is 0 Å². The zero-order valence-electron chi connectivity index (χ0n) is 12.6. The molecule has 0 fully saturated rings. The van der Waals surface area contributed by atoms with Crippen molar-refractivity contribution < 1.29 is 22.3 Å². The minimum Gasteiger partial charge on any atom is -0.480 e. The van der Waals surface area contributed by atoms with Crippen molar-refractivity contribution in [1.29, 1.82) is 0 Å². The molecule has 0 aromatic carbocycles. The van der Waals surface area contributed by atoms with Gasteiger partial charge in [0.2, 0.25) is 11.8 Å². The number of hydrogen-bond donors (Lipinski definition) is 0. The van der Waals surface area contributed by atoms with E-state index < -0.39 is 23.6 Å². The molecular formula is C15H15F4N3O. The SMILES string of the molecule is CCCC1=CCC=CC(c2nc(F)c(C(F)(F)F)c(OC)n2)=N1. The maximum absolute atomic E-state index is 13.9. The van der Waals surface area contributed by atoms with Gasteiger partial charge in [0.15, 0.2) is 11.4 Å². The van der Waals surface area contributed by atoms with Crippen LogP contribution in [0.25, 0.3) is 0 Å². The van der Waals surface area contributed by atoms with Crippen LogP contribution in [0, 0.1) is 5.95 Å². The Labute approximate surface area is 130 Å². The van der Waals surface area contributed by atoms with E-state index in [9.17, 15) is 17.6 Å². The van der Waals surface area contributed by atoms with Gasteiger partial charge in [-0.15, -0.1) is 0 Å². The fourth-order valence-electron chi connectivity index (χ4n) is 2.07. The van der Waals surface area contributed by atoms with Crippen molar-refractivity contribution in [2.24, 2.45) is 4.99 Å². The largest absolute Gasteiger partial charge is 0.480 e. The van der Waals surface area contributed by atoms with Gasteiger partial charge in [-0.3, -0.25) is 0 Å². The second kappa shape index (κ2) is 6.89. The number of rotatable bonds is 4. The molecule has 8 heteroatoms. The molecule has 0 spiro atoms. The van der Waals surface area contributed by atoms with Gasteiger partial charge in [0.05, 0.1) is 7.11 Å². The Morgan fingerprint density at radius 2 is 2.00 bits per heavy atom. The van der Waals surface area contributed by atoms with E-state index in [1.165, 1.54) is 0 Å². The molecule has 0 aliphatic carbocycles. The molecule has 0 N–H and O–H groups in total. The lowest BCUT2D eigenvalue weighted by atomic mass is 10.2. The third-order valence-electron chi connectivity index (χ3n) is 3.07. The summed E-state index contributed by atoms with van der Waals surface area (Å²) in [6, 6.07) is 0. The number of halogens is 4. The number of aliphatic imine (C=N–C) groups is 1. The number of aromatic nitrogens is 2. The fourth-order valence-corrected chi connectivity index (χ4v) is 2.07. The van der Waals surface area contributed by atoms with E-state index in [2.05, 4.69) is 19.7 Å². The lowest BCUT2D eigenvalue weighted by Gasteiger charge is -2.12. The Morgan fingerprint density at radius 1 is 1.26 bits per heavy atom. The Bertz CT molecular complexity index is 678. The smallest absolute Gasteiger partial charge is 0.426 e. The van der Waals surface area contributed by atoms with Crippen LogP contribution in [-0.4, -0.2) is 22.8 Å². The van der Waals surface area contributed by atoms with E-state index in [1.807, 2.05) is 13.0 Å². The van der Waals surface area contributed by atoms with Crippen LogP contribution in [0.1, 0.15) is 37.6 Å². The second-order valence-electron chi connectivity index (χ2n) is 4.80. The Balaban J connectivity index is 2.52. The number of allylic oxidation sites excluding steroid dienone is 4. The van der Waals surface area contributed by atoms with E-state index in [0.29, 0.717) is 12.8 Å². The molecule has 0 unspecified atom stereocenters. The number of ether oxygens (including phenoxy) is 1. The molecule has 1 aromatic rings. The third-order valence-corrected chi connectivity index (χ3v) is 3.07. The molecule has 4 nitrogen and oxygen atoms in total. The Kier molecular flexibility index (Phi) is 5.12. The van der Waals surface area contributed by atoms with Crippen molar-refractivity contribution in [3.8, 4) is 5.88 Å². The van der Waals surface area contributed by atoms with Gasteiger partial charge in [-0.1, -0.05) is 25.5 Å². The topological polar surface area (TPSA) is 47.4 Å². The predicted octanol–water partition coefficient (Wildman–Crippen LogP) is 4.08. The number of hydrogen-bond acceptors (Lipinski definition) is 4. The summed E-state index contributed by atoms with van der Waals surface area (Å²) in [4.78, 5) is 11.3. The first-order chi connectivity index (χ1) is 10.9. The standard InChI is InChI=1S/C15H15F4N3O/c1-3-6-9-7-4-5-8-10(20-9)13-21-12(16)11(15(17,18)19)14(22-13)23-2/h5,7-8H,3-4,6H2,1-2H3. The highest BCUT2D eigenvalue weighted by atomic mass is 19.4. The van der Waals surface area contributed by atoms with Crippen LogP contribution >= 0.6 is 0 Å². The minimum absolute atomic E-state index is 0.202. The normalized spacial score (nSPS) is 15.0. The first-order valence-electron chi connectivity index (χ1n) is 7.00. The highest BCUT2D eigenvalue weighted by Crippen LogP contribution is 2.36. The van der Waals surface area contributed by atoms with Crippen molar-refractivity contribution in [2.75, 3.05) is 7.11 Å². The number of methoxy groups -OCH3 is 1. The fraction of sp³-hybridized carbons (Fsp3) is 0.400. The zero-order chi connectivity index (χ0) is 17.0. The summed E-state index contributed by atoms with van der Waals surface area (Å²) >= 11 is 0. The van der Waals surface area contributed by atoms with E-state index in [4.69, 9.17) is 0 Å². The molecule has 2 rings (SSSR count). The van der Waals surface area contributed by atoms with Gasteiger partial charge in [-0.2, -0.15) is 27.5 Å². The molecule has 23 heavy (non-hydrogen) atoms. The molecule has 0 saturated carbocycles. The van der Waals surface area contributed by atoms with Crippen LogP contribution in [-0.2, 0) is 6.18 Å². The molecular weight excluding hydrogens is 314 g/mol. The molecule has 1 aliphatic rings. The van der Waals surface area contributed by atoms with E-state index in [-0.39, 0.29) is 11.5 Å². The molecule has 0 atom stereocenters. The summed E-state index contributed by atoms with van der Waals surface area (Å²) in [6.07, 6.45) is 2.45. The molecule has 0 amide bonds. The summed E-state index contributed by atoms with van der Waals surface area (Å²) in [5.41, 5.74) is -0.658. The summed E-state index contributed by atoms with van der Waals surface area (Å²) < 4.78 is 57.0. The molecule has 0 radical (unpaired) electrons. The second-order valence-corrected chi connectivity index (χ2v) is 4.80. The number of alkyl halides is 3. The van der Waals surface area contributed by atoms with E-state index in [1.54, 1.807) is 12.2 Å². The lowest BCUT2D eigenvalue weighted by Crippen LogP contribution is -2.17. The first kappa shape index (κ1) is 17.1. The monoisotopic (exact) mass is 329 g/mol. The maximum atomic E-state index is 13.9. The first-order valence-corrected chi connectivity index (χ1v) is 7.00. The summed E-state index contributed by atoms with van der Waals surface area (Å²) in [5.74, 6) is -2.78. The van der Waals surface area contributed by atoms with Crippen LogP contribution in [0.4, 0.5) is 17.6 Å². The molecule has 1 aliphatic heterocycles. The summed E-state index contributed by atoms with van der Waals surface area (Å²) in [5, 5.41) is 0. The van der Waals surface area contributed by atoms with Crippen molar-refractivity contribution >= 4 is 5.71 Å². The van der Waals surface area contributed by atoms with Gasteiger partial charge in [0.1, 0.15) is 5.71 Å². The predicted molar refractivity (Wildman–Crippen MR) is 76.8 cm³/mol. The highest BCUT2D eigenvalue weighted by molar-refractivity contribution is 6.06. The van der Waals surface area contributed by atoms with Crippen LogP contribution in [0.5, 0.6) is 5.88 Å². The van der Waals surface area contributed by atoms with Crippen molar-refractivity contribution in [3.05, 3.63) is 41.3 Å². The van der Waals surface area contributed by atoms with Crippen molar-refractivity contribution in [3.63, 3.8) is 0 Å². The molecule has 1 aromatic heterocycles. The zero-order valence-corrected chi connectivity index (χ0v) is 12.6. The van der Waals surface area contributed by atoms with Crippen LogP contribution in [0.2, 0.25) is 0 Å². The summed E-state index contributed by atoms with van der Waals surface area (Å²) in [7, 11) is 0.994. The minimum atomic E-state index is -4.94. The van der Waals surface area contributed by atoms with Gasteiger partial charge in [-0.05, 0) is 18.9 Å². The Morgan fingerprint density at radius 3 is 2.61 bits per heavy atom. The average Bonchev–Trinajstić information content (AvgIpc) is 2.71. The van der Waals surface area contributed by atoms with Gasteiger partial charge < -0.3 is 4.74 Å². The molecule has 0 bridgehead atoms. The van der Waals surface area contributed by atoms with Crippen LogP contribution in [0.15, 0.2) is 28.9 Å². The van der Waals surface area contributed by atoms with Gasteiger partial charge in [0.25, 0.3) is 0 Å². The van der Waals surface area contributed by atoms with Crippen molar-refractivity contribution in [2.45, 2.75) is 32.4 Å². The highest BCUT2D eigenvalue weighted by Gasteiger charge is 2.40. The van der Waals surface area contributed by atoms with Crippen LogP contribution < -0.4 is 4.74 Å². The van der Waals surface area contributed by atoms with Gasteiger partial charge in [0, 0.05) is 5.70 Å². The maximum Gasteiger partial charge on any atom is 0.426 e. The summed E-state index contributed by atoms with van der Waals surface area (Å²) in [6.45, 7) is 1.98. The number of nitrogens with zero attached hydrogens (tertiary/aromatic N) is 3. The molecule has 0 saturated heterocycles. The van der Waals surface area contributed by atoms with Crippen LogP contribution in [0.3, 0.4) is 0 Å². The molecule has 2 heterocycles. The average molecular weight is 329 g/mol. The third kappa shape index (κ3) is 3.94. The molecule has 124 valence electrons. The van der Waals surface area contributed by atoms with E-state index in [0.717, 1.165) is 19.2 Å².